The fourth-order valence-corrected chi connectivity index (χ4v) is 2.95. The number of hydrogen-bond donors (Lipinski definition) is 1. The molecule has 1 aromatic heterocycles. The predicted octanol–water partition coefficient (Wildman–Crippen LogP) is 2.50. The second kappa shape index (κ2) is 10.6. The lowest BCUT2D eigenvalue weighted by Crippen LogP contribution is -2.37. The minimum Gasteiger partial charge on any atom is -0.473 e. The minimum atomic E-state index is -0.0895. The molecule has 0 spiro atoms. The van der Waals surface area contributed by atoms with E-state index in [-0.39, 0.29) is 5.91 Å². The molecule has 1 aliphatic heterocycles. The van der Waals surface area contributed by atoms with Gasteiger partial charge in [-0.05, 0) is 31.0 Å². The molecule has 144 valence electrons. The highest BCUT2D eigenvalue weighted by Crippen LogP contribution is 2.12. The first-order valence-electron chi connectivity index (χ1n) is 9.52. The summed E-state index contributed by atoms with van der Waals surface area (Å²) in [4.78, 5) is 18.9. The third kappa shape index (κ3) is 6.66. The van der Waals surface area contributed by atoms with Crippen molar-refractivity contribution in [2.24, 2.45) is 0 Å². The molecule has 27 heavy (non-hydrogen) atoms. The van der Waals surface area contributed by atoms with Crippen molar-refractivity contribution in [2.45, 2.75) is 19.4 Å². The Morgan fingerprint density at radius 3 is 2.78 bits per heavy atom. The molecule has 0 unspecified atom stereocenters. The zero-order valence-electron chi connectivity index (χ0n) is 15.6. The number of benzene rings is 1. The maximum atomic E-state index is 12.3. The molecular formula is C21H27N3O3. The van der Waals surface area contributed by atoms with Crippen LogP contribution in [0.1, 0.15) is 28.8 Å². The van der Waals surface area contributed by atoms with Crippen molar-refractivity contribution in [3.05, 3.63) is 59.8 Å². The molecule has 1 N–H and O–H groups in total. The van der Waals surface area contributed by atoms with Crippen LogP contribution in [0.4, 0.5) is 0 Å². The largest absolute Gasteiger partial charge is 0.473 e. The highest BCUT2D eigenvalue weighted by molar-refractivity contribution is 5.94. The van der Waals surface area contributed by atoms with Gasteiger partial charge in [0.05, 0.1) is 13.2 Å². The van der Waals surface area contributed by atoms with Crippen LogP contribution >= 0.6 is 0 Å². The summed E-state index contributed by atoms with van der Waals surface area (Å²) in [6.07, 6.45) is 3.64. The molecule has 0 atom stereocenters. The molecule has 2 aromatic rings. The van der Waals surface area contributed by atoms with Crippen LogP contribution in [0, 0.1) is 0 Å². The number of carbonyl (C=O) groups is 1. The van der Waals surface area contributed by atoms with Gasteiger partial charge >= 0.3 is 0 Å². The van der Waals surface area contributed by atoms with Crippen molar-refractivity contribution in [3.63, 3.8) is 0 Å². The number of morpholine rings is 1. The first-order valence-corrected chi connectivity index (χ1v) is 9.52. The van der Waals surface area contributed by atoms with Crippen LogP contribution in [-0.4, -0.2) is 55.2 Å². The van der Waals surface area contributed by atoms with E-state index in [2.05, 4.69) is 15.2 Å². The third-order valence-corrected chi connectivity index (χ3v) is 4.52. The van der Waals surface area contributed by atoms with Crippen LogP contribution in [-0.2, 0) is 11.3 Å². The molecule has 1 aromatic carbocycles. The van der Waals surface area contributed by atoms with Crippen LogP contribution in [0.2, 0.25) is 0 Å². The quantitative estimate of drug-likeness (QED) is 0.688. The monoisotopic (exact) mass is 369 g/mol. The van der Waals surface area contributed by atoms with E-state index in [1.807, 2.05) is 30.3 Å². The average Bonchev–Trinajstić information content (AvgIpc) is 2.73. The Morgan fingerprint density at radius 2 is 1.96 bits per heavy atom. The lowest BCUT2D eigenvalue weighted by atomic mass is 10.2. The fraction of sp³-hybridized carbons (Fsp3) is 0.429. The van der Waals surface area contributed by atoms with Crippen molar-refractivity contribution in [2.75, 3.05) is 39.4 Å². The number of hydrogen-bond acceptors (Lipinski definition) is 5. The molecule has 1 saturated heterocycles. The Balaban J connectivity index is 1.37. The van der Waals surface area contributed by atoms with E-state index in [1.54, 1.807) is 18.3 Å². The molecule has 6 nitrogen and oxygen atoms in total. The molecule has 0 saturated carbocycles. The maximum absolute atomic E-state index is 12.3. The second-order valence-corrected chi connectivity index (χ2v) is 6.57. The summed E-state index contributed by atoms with van der Waals surface area (Å²) in [5.74, 6) is 0.368. The van der Waals surface area contributed by atoms with E-state index in [9.17, 15) is 4.79 Å². The zero-order chi connectivity index (χ0) is 18.7. The van der Waals surface area contributed by atoms with E-state index >= 15 is 0 Å². The first-order chi connectivity index (χ1) is 13.3. The van der Waals surface area contributed by atoms with Crippen molar-refractivity contribution >= 4 is 5.91 Å². The van der Waals surface area contributed by atoms with Gasteiger partial charge in [0.1, 0.15) is 6.61 Å². The molecule has 3 rings (SSSR count). The number of unbranched alkanes of at least 4 members (excludes halogenated alkanes) is 1. The van der Waals surface area contributed by atoms with Crippen molar-refractivity contribution in [1.29, 1.82) is 0 Å². The molecule has 2 heterocycles. The molecule has 0 aliphatic carbocycles. The molecule has 1 amide bonds. The van der Waals surface area contributed by atoms with Crippen molar-refractivity contribution in [1.82, 2.24) is 15.2 Å². The smallest absolute Gasteiger partial charge is 0.251 e. The van der Waals surface area contributed by atoms with Crippen LogP contribution in [0.3, 0.4) is 0 Å². The predicted molar refractivity (Wildman–Crippen MR) is 104 cm³/mol. The van der Waals surface area contributed by atoms with E-state index < -0.39 is 0 Å². The van der Waals surface area contributed by atoms with E-state index in [0.717, 1.165) is 51.3 Å². The Kier molecular flexibility index (Phi) is 7.62. The van der Waals surface area contributed by atoms with Crippen LogP contribution in [0.25, 0.3) is 0 Å². The summed E-state index contributed by atoms with van der Waals surface area (Å²) >= 11 is 0. The van der Waals surface area contributed by atoms with E-state index in [4.69, 9.17) is 9.47 Å². The molecule has 1 aliphatic rings. The van der Waals surface area contributed by atoms with Gasteiger partial charge in [0.15, 0.2) is 0 Å². The van der Waals surface area contributed by atoms with Gasteiger partial charge in [-0.3, -0.25) is 9.69 Å². The van der Waals surface area contributed by atoms with Gasteiger partial charge in [0.25, 0.3) is 5.91 Å². The second-order valence-electron chi connectivity index (χ2n) is 6.57. The molecule has 1 fully saturated rings. The molecule has 0 bridgehead atoms. The Hall–Kier alpha value is -2.44. The average molecular weight is 369 g/mol. The summed E-state index contributed by atoms with van der Waals surface area (Å²) in [6, 6.07) is 13.3. The Labute approximate surface area is 160 Å². The SMILES string of the molecule is O=C(NCCCCN1CCOCC1)c1ccnc(OCc2ccccc2)c1. The molecular weight excluding hydrogens is 342 g/mol. The Bertz CT molecular complexity index is 703. The van der Waals surface area contributed by atoms with Crippen LogP contribution < -0.4 is 10.1 Å². The van der Waals surface area contributed by atoms with E-state index in [0.29, 0.717) is 24.6 Å². The highest BCUT2D eigenvalue weighted by Gasteiger charge is 2.10. The molecule has 6 heteroatoms. The van der Waals surface area contributed by atoms with Crippen molar-refractivity contribution < 1.29 is 14.3 Å². The summed E-state index contributed by atoms with van der Waals surface area (Å²) < 4.78 is 11.0. The number of ether oxygens (including phenoxy) is 2. The highest BCUT2D eigenvalue weighted by atomic mass is 16.5. The Morgan fingerprint density at radius 1 is 1.15 bits per heavy atom. The van der Waals surface area contributed by atoms with Crippen molar-refractivity contribution in [3.8, 4) is 5.88 Å². The van der Waals surface area contributed by atoms with Gasteiger partial charge in [-0.1, -0.05) is 30.3 Å². The number of nitrogens with zero attached hydrogens (tertiary/aromatic N) is 2. The minimum absolute atomic E-state index is 0.0895. The number of amides is 1. The third-order valence-electron chi connectivity index (χ3n) is 4.52. The molecule has 0 radical (unpaired) electrons. The van der Waals surface area contributed by atoms with Crippen LogP contribution in [0.15, 0.2) is 48.7 Å². The van der Waals surface area contributed by atoms with Gasteiger partial charge in [-0.15, -0.1) is 0 Å². The van der Waals surface area contributed by atoms with Gasteiger partial charge in [-0.2, -0.15) is 0 Å². The van der Waals surface area contributed by atoms with Gasteiger partial charge in [-0.25, -0.2) is 4.98 Å². The zero-order valence-corrected chi connectivity index (χ0v) is 15.6. The normalized spacial score (nSPS) is 14.7. The van der Waals surface area contributed by atoms with E-state index in [1.165, 1.54) is 0 Å². The lowest BCUT2D eigenvalue weighted by Gasteiger charge is -2.26. The summed E-state index contributed by atoms with van der Waals surface area (Å²) in [7, 11) is 0. The fourth-order valence-electron chi connectivity index (χ4n) is 2.95. The topological polar surface area (TPSA) is 63.7 Å². The lowest BCUT2D eigenvalue weighted by molar-refractivity contribution is 0.0372. The van der Waals surface area contributed by atoms with Crippen LogP contribution in [0.5, 0.6) is 5.88 Å². The first kappa shape index (κ1) is 19.3. The number of aromatic nitrogens is 1. The number of nitrogens with one attached hydrogen (secondary N) is 1. The summed E-state index contributed by atoms with van der Waals surface area (Å²) in [5.41, 5.74) is 1.63. The summed E-state index contributed by atoms with van der Waals surface area (Å²) in [6.45, 7) is 5.84. The summed E-state index contributed by atoms with van der Waals surface area (Å²) in [5, 5.41) is 2.97. The number of pyridine rings is 1. The van der Waals surface area contributed by atoms with Gasteiger partial charge in [0.2, 0.25) is 5.88 Å². The van der Waals surface area contributed by atoms with Gasteiger partial charge < -0.3 is 14.8 Å². The number of carbonyl (C=O) groups excluding carboxylic acids is 1. The maximum Gasteiger partial charge on any atom is 0.251 e. The van der Waals surface area contributed by atoms with Gasteiger partial charge in [0, 0.05) is 37.5 Å². The standard InChI is InChI=1S/C21H27N3O3/c25-21(23-9-4-5-11-24-12-14-26-15-13-24)19-8-10-22-20(16-19)27-17-18-6-2-1-3-7-18/h1-3,6-8,10,16H,4-5,9,11-15,17H2,(H,23,25). The number of rotatable bonds is 9.